The SMILES string of the molecule is CCc1cc(NC(=O)c2ccc(F)cc2Br)n[nH]1. The fourth-order valence-corrected chi connectivity index (χ4v) is 1.99. The van der Waals surface area contributed by atoms with Crippen LogP contribution in [0, 0.1) is 5.82 Å². The Morgan fingerprint density at radius 1 is 1.50 bits per heavy atom. The minimum atomic E-state index is -0.397. The molecule has 6 heteroatoms. The second-order valence-corrected chi connectivity index (χ2v) is 4.56. The minimum Gasteiger partial charge on any atom is -0.305 e. The van der Waals surface area contributed by atoms with E-state index in [1.807, 2.05) is 6.92 Å². The third-order valence-corrected chi connectivity index (χ3v) is 3.09. The van der Waals surface area contributed by atoms with Gasteiger partial charge in [0.15, 0.2) is 5.82 Å². The van der Waals surface area contributed by atoms with Gasteiger partial charge in [0, 0.05) is 16.2 Å². The number of amides is 1. The first kappa shape index (κ1) is 12.8. The normalized spacial score (nSPS) is 10.4. The monoisotopic (exact) mass is 311 g/mol. The number of rotatable bonds is 3. The Balaban J connectivity index is 2.16. The molecule has 0 bridgehead atoms. The lowest BCUT2D eigenvalue weighted by Crippen LogP contribution is -2.12. The molecule has 0 fully saturated rings. The van der Waals surface area contributed by atoms with E-state index in [2.05, 4.69) is 31.4 Å². The largest absolute Gasteiger partial charge is 0.305 e. The number of carbonyl (C=O) groups is 1. The van der Waals surface area contributed by atoms with E-state index in [-0.39, 0.29) is 5.91 Å². The standard InChI is InChI=1S/C12H11BrFN3O/c1-2-8-6-11(17-16-8)15-12(18)9-4-3-7(14)5-10(9)13/h3-6H,2H2,1H3,(H2,15,16,17,18). The van der Waals surface area contributed by atoms with E-state index in [1.165, 1.54) is 18.2 Å². The van der Waals surface area contributed by atoms with Gasteiger partial charge < -0.3 is 5.32 Å². The summed E-state index contributed by atoms with van der Waals surface area (Å²) in [5, 5.41) is 9.39. The molecular formula is C12H11BrFN3O. The smallest absolute Gasteiger partial charge is 0.258 e. The van der Waals surface area contributed by atoms with Gasteiger partial charge in [-0.2, -0.15) is 5.10 Å². The van der Waals surface area contributed by atoms with E-state index in [1.54, 1.807) is 6.07 Å². The van der Waals surface area contributed by atoms with Crippen LogP contribution in [0.1, 0.15) is 23.0 Å². The van der Waals surface area contributed by atoms with Crippen LogP contribution in [-0.2, 0) is 6.42 Å². The fraction of sp³-hybridized carbons (Fsp3) is 0.167. The van der Waals surface area contributed by atoms with Crippen molar-refractivity contribution in [2.75, 3.05) is 5.32 Å². The molecule has 0 aliphatic carbocycles. The second-order valence-electron chi connectivity index (χ2n) is 3.71. The summed E-state index contributed by atoms with van der Waals surface area (Å²) in [7, 11) is 0. The molecule has 4 nitrogen and oxygen atoms in total. The summed E-state index contributed by atoms with van der Waals surface area (Å²) < 4.78 is 13.3. The van der Waals surface area contributed by atoms with E-state index in [0.717, 1.165) is 12.1 Å². The fourth-order valence-electron chi connectivity index (χ4n) is 1.46. The summed E-state index contributed by atoms with van der Waals surface area (Å²) >= 11 is 3.15. The van der Waals surface area contributed by atoms with Crippen molar-refractivity contribution in [3.8, 4) is 0 Å². The topological polar surface area (TPSA) is 57.8 Å². The van der Waals surface area contributed by atoms with Gasteiger partial charge in [0.25, 0.3) is 5.91 Å². The summed E-state index contributed by atoms with van der Waals surface area (Å²) in [5.41, 5.74) is 1.29. The molecule has 18 heavy (non-hydrogen) atoms. The van der Waals surface area contributed by atoms with Gasteiger partial charge >= 0.3 is 0 Å². The number of aromatic nitrogens is 2. The van der Waals surface area contributed by atoms with Crippen molar-refractivity contribution in [1.82, 2.24) is 10.2 Å². The number of hydrogen-bond donors (Lipinski definition) is 2. The van der Waals surface area contributed by atoms with Crippen molar-refractivity contribution in [2.24, 2.45) is 0 Å². The third kappa shape index (κ3) is 2.76. The molecule has 0 saturated carbocycles. The lowest BCUT2D eigenvalue weighted by Gasteiger charge is -2.04. The average Bonchev–Trinajstić information content (AvgIpc) is 2.76. The van der Waals surface area contributed by atoms with Crippen LogP contribution in [0.4, 0.5) is 10.2 Å². The van der Waals surface area contributed by atoms with Gasteiger partial charge in [0.2, 0.25) is 0 Å². The molecule has 0 aliphatic heterocycles. The molecule has 0 unspecified atom stereocenters. The number of aryl methyl sites for hydroxylation is 1. The van der Waals surface area contributed by atoms with E-state index < -0.39 is 5.82 Å². The van der Waals surface area contributed by atoms with Crippen LogP contribution in [-0.4, -0.2) is 16.1 Å². The van der Waals surface area contributed by atoms with E-state index >= 15 is 0 Å². The van der Waals surface area contributed by atoms with Crippen molar-refractivity contribution in [1.29, 1.82) is 0 Å². The molecule has 1 amide bonds. The summed E-state index contributed by atoms with van der Waals surface area (Å²) in [4.78, 5) is 11.9. The Labute approximate surface area is 112 Å². The van der Waals surface area contributed by atoms with Crippen LogP contribution in [0.3, 0.4) is 0 Å². The van der Waals surface area contributed by atoms with Crippen LogP contribution in [0.25, 0.3) is 0 Å². The molecule has 0 atom stereocenters. The zero-order chi connectivity index (χ0) is 13.1. The van der Waals surface area contributed by atoms with Crippen molar-refractivity contribution < 1.29 is 9.18 Å². The predicted octanol–water partition coefficient (Wildman–Crippen LogP) is 3.13. The molecule has 0 saturated heterocycles. The Morgan fingerprint density at radius 3 is 2.89 bits per heavy atom. The number of nitrogens with one attached hydrogen (secondary N) is 2. The number of benzene rings is 1. The van der Waals surface area contributed by atoms with Gasteiger partial charge in [-0.25, -0.2) is 4.39 Å². The van der Waals surface area contributed by atoms with Gasteiger partial charge in [-0.05, 0) is 40.5 Å². The van der Waals surface area contributed by atoms with Crippen LogP contribution in [0.15, 0.2) is 28.7 Å². The highest BCUT2D eigenvalue weighted by Gasteiger charge is 2.12. The molecule has 0 spiro atoms. The van der Waals surface area contributed by atoms with Crippen molar-refractivity contribution in [2.45, 2.75) is 13.3 Å². The third-order valence-electron chi connectivity index (χ3n) is 2.43. The molecule has 2 N–H and O–H groups in total. The number of nitrogens with zero attached hydrogens (tertiary/aromatic N) is 1. The van der Waals surface area contributed by atoms with E-state index in [4.69, 9.17) is 0 Å². The molecule has 2 aromatic rings. The van der Waals surface area contributed by atoms with Crippen molar-refractivity contribution in [3.63, 3.8) is 0 Å². The molecule has 1 heterocycles. The first-order chi connectivity index (χ1) is 8.60. The zero-order valence-corrected chi connectivity index (χ0v) is 11.2. The summed E-state index contributed by atoms with van der Waals surface area (Å²) in [6.45, 7) is 1.98. The molecule has 0 aliphatic rings. The lowest BCUT2D eigenvalue weighted by atomic mass is 10.2. The summed E-state index contributed by atoms with van der Waals surface area (Å²) in [6.07, 6.45) is 0.809. The Morgan fingerprint density at radius 2 is 2.28 bits per heavy atom. The molecule has 94 valence electrons. The average molecular weight is 312 g/mol. The number of halogens is 2. The molecule has 1 aromatic carbocycles. The van der Waals surface area contributed by atoms with Crippen LogP contribution in [0.2, 0.25) is 0 Å². The zero-order valence-electron chi connectivity index (χ0n) is 9.63. The molecule has 2 rings (SSSR count). The van der Waals surface area contributed by atoms with Gasteiger partial charge in [-0.1, -0.05) is 6.92 Å². The number of carbonyl (C=O) groups excluding carboxylic acids is 1. The Bertz CT molecular complexity index is 582. The maximum absolute atomic E-state index is 12.9. The highest BCUT2D eigenvalue weighted by Crippen LogP contribution is 2.19. The van der Waals surface area contributed by atoms with Crippen LogP contribution < -0.4 is 5.32 Å². The Hall–Kier alpha value is -1.69. The highest BCUT2D eigenvalue weighted by molar-refractivity contribution is 9.10. The Kier molecular flexibility index (Phi) is 3.76. The number of anilines is 1. The highest BCUT2D eigenvalue weighted by atomic mass is 79.9. The molecular weight excluding hydrogens is 301 g/mol. The first-order valence-corrected chi connectivity index (χ1v) is 6.20. The van der Waals surface area contributed by atoms with Crippen LogP contribution >= 0.6 is 15.9 Å². The number of aromatic amines is 1. The first-order valence-electron chi connectivity index (χ1n) is 5.41. The lowest BCUT2D eigenvalue weighted by molar-refractivity contribution is 0.102. The molecule has 0 radical (unpaired) electrons. The van der Waals surface area contributed by atoms with Crippen molar-refractivity contribution in [3.05, 3.63) is 45.8 Å². The maximum atomic E-state index is 12.9. The van der Waals surface area contributed by atoms with Crippen molar-refractivity contribution >= 4 is 27.7 Å². The minimum absolute atomic E-state index is 0.337. The number of H-pyrrole nitrogens is 1. The maximum Gasteiger partial charge on any atom is 0.258 e. The number of hydrogen-bond acceptors (Lipinski definition) is 2. The van der Waals surface area contributed by atoms with E-state index in [9.17, 15) is 9.18 Å². The van der Waals surface area contributed by atoms with Gasteiger partial charge in [-0.15, -0.1) is 0 Å². The van der Waals surface area contributed by atoms with Gasteiger partial charge in [-0.3, -0.25) is 9.89 Å². The van der Waals surface area contributed by atoms with Crippen LogP contribution in [0.5, 0.6) is 0 Å². The van der Waals surface area contributed by atoms with Gasteiger partial charge in [0.05, 0.1) is 5.56 Å². The predicted molar refractivity (Wildman–Crippen MR) is 70.0 cm³/mol. The quantitative estimate of drug-likeness (QED) is 0.915. The van der Waals surface area contributed by atoms with Gasteiger partial charge in [0.1, 0.15) is 5.82 Å². The second kappa shape index (κ2) is 5.30. The summed E-state index contributed by atoms with van der Waals surface area (Å²) in [5.74, 6) is -0.282. The summed E-state index contributed by atoms with van der Waals surface area (Å²) in [6, 6.07) is 5.66. The van der Waals surface area contributed by atoms with E-state index in [0.29, 0.717) is 15.9 Å². The molecule has 1 aromatic heterocycles.